The Morgan fingerprint density at radius 3 is 2.71 bits per heavy atom. The van der Waals surface area contributed by atoms with Crippen LogP contribution in [-0.4, -0.2) is 24.7 Å². The standard InChI is InChI=1S/C29H27NO4S/c1-4-8-21(16-29(31)33-5-2)22-12-14-28(30-17-22)34-18-20-11-13-27-24(15-20)25(19-35-27)23-9-6-7-10-26(23)32-3/h6-7,9-15,17,19,21H,5,16,18H2,1-3H3. The molecule has 1 atom stereocenters. The molecule has 178 valence electrons. The minimum atomic E-state index is -0.267. The second-order valence-corrected chi connectivity index (χ2v) is 8.77. The Labute approximate surface area is 209 Å². The predicted octanol–water partition coefficient (Wildman–Crippen LogP) is 6.61. The van der Waals surface area contributed by atoms with Crippen LogP contribution in [0.2, 0.25) is 0 Å². The first kappa shape index (κ1) is 24.3. The average molecular weight is 486 g/mol. The summed E-state index contributed by atoms with van der Waals surface area (Å²) in [4.78, 5) is 16.3. The highest BCUT2D eigenvalue weighted by molar-refractivity contribution is 7.17. The number of carbonyl (C=O) groups is 1. The van der Waals surface area contributed by atoms with E-state index in [2.05, 4.69) is 46.5 Å². The van der Waals surface area contributed by atoms with E-state index in [4.69, 9.17) is 14.2 Å². The predicted molar refractivity (Wildman–Crippen MR) is 140 cm³/mol. The molecule has 0 aliphatic rings. The van der Waals surface area contributed by atoms with Gasteiger partial charge in [0, 0.05) is 33.5 Å². The summed E-state index contributed by atoms with van der Waals surface area (Å²) >= 11 is 1.71. The van der Waals surface area contributed by atoms with E-state index in [0.717, 1.165) is 28.0 Å². The van der Waals surface area contributed by atoms with Crippen LogP contribution in [0.3, 0.4) is 0 Å². The van der Waals surface area contributed by atoms with Gasteiger partial charge in [-0.15, -0.1) is 17.3 Å². The Morgan fingerprint density at radius 1 is 1.11 bits per heavy atom. The van der Waals surface area contributed by atoms with E-state index in [-0.39, 0.29) is 18.3 Å². The average Bonchev–Trinajstić information content (AvgIpc) is 3.31. The van der Waals surface area contributed by atoms with Crippen LogP contribution in [0, 0.1) is 11.8 Å². The lowest BCUT2D eigenvalue weighted by Gasteiger charge is -2.12. The van der Waals surface area contributed by atoms with Gasteiger partial charge in [-0.2, -0.15) is 0 Å². The van der Waals surface area contributed by atoms with Crippen molar-refractivity contribution in [2.75, 3.05) is 13.7 Å². The van der Waals surface area contributed by atoms with Gasteiger partial charge < -0.3 is 14.2 Å². The molecule has 2 aromatic heterocycles. The molecule has 4 aromatic rings. The minimum absolute atomic E-state index is 0.200. The van der Waals surface area contributed by atoms with Crippen molar-refractivity contribution in [2.45, 2.75) is 32.8 Å². The largest absolute Gasteiger partial charge is 0.496 e. The maximum atomic E-state index is 11.9. The Hall–Kier alpha value is -3.82. The highest BCUT2D eigenvalue weighted by atomic mass is 32.1. The van der Waals surface area contributed by atoms with Crippen LogP contribution in [0.5, 0.6) is 11.6 Å². The van der Waals surface area contributed by atoms with E-state index < -0.39 is 0 Å². The zero-order valence-corrected chi connectivity index (χ0v) is 20.9. The van der Waals surface area contributed by atoms with Crippen molar-refractivity contribution >= 4 is 27.4 Å². The molecule has 2 heterocycles. The molecular formula is C29H27NO4S. The SMILES string of the molecule is CC#CC(CC(=O)OCC)c1ccc(OCc2ccc3scc(-c4ccccc4OC)c3c2)nc1. The van der Waals surface area contributed by atoms with Gasteiger partial charge in [0.1, 0.15) is 12.4 Å². The van der Waals surface area contributed by atoms with Crippen molar-refractivity contribution in [2.24, 2.45) is 0 Å². The van der Waals surface area contributed by atoms with Gasteiger partial charge >= 0.3 is 5.97 Å². The van der Waals surface area contributed by atoms with Gasteiger partial charge in [-0.05, 0) is 48.6 Å². The number of methoxy groups -OCH3 is 1. The lowest BCUT2D eigenvalue weighted by molar-refractivity contribution is -0.143. The van der Waals surface area contributed by atoms with Gasteiger partial charge in [0.05, 0.1) is 26.1 Å². The lowest BCUT2D eigenvalue weighted by atomic mass is 9.98. The number of thiophene rings is 1. The second-order valence-electron chi connectivity index (χ2n) is 7.85. The summed E-state index contributed by atoms with van der Waals surface area (Å²) in [5.74, 6) is 6.80. The summed E-state index contributed by atoms with van der Waals surface area (Å²) in [6.45, 7) is 4.30. The number of rotatable bonds is 9. The molecule has 0 radical (unpaired) electrons. The van der Waals surface area contributed by atoms with Gasteiger partial charge in [-0.3, -0.25) is 4.79 Å². The molecule has 0 aliphatic carbocycles. The van der Waals surface area contributed by atoms with Crippen molar-refractivity contribution in [3.8, 4) is 34.6 Å². The third kappa shape index (κ3) is 5.82. The van der Waals surface area contributed by atoms with Gasteiger partial charge in [-0.25, -0.2) is 4.98 Å². The number of nitrogens with zero attached hydrogens (tertiary/aromatic N) is 1. The summed E-state index contributed by atoms with van der Waals surface area (Å²) in [5.41, 5.74) is 4.14. The van der Waals surface area contributed by atoms with E-state index in [0.29, 0.717) is 19.1 Å². The molecular weight excluding hydrogens is 458 g/mol. The highest BCUT2D eigenvalue weighted by Gasteiger charge is 2.16. The van der Waals surface area contributed by atoms with Crippen LogP contribution in [-0.2, 0) is 16.1 Å². The first-order valence-corrected chi connectivity index (χ1v) is 12.3. The smallest absolute Gasteiger partial charge is 0.307 e. The van der Waals surface area contributed by atoms with Crippen molar-refractivity contribution in [1.82, 2.24) is 4.98 Å². The van der Waals surface area contributed by atoms with E-state index in [1.165, 1.54) is 10.1 Å². The third-order valence-electron chi connectivity index (χ3n) is 5.58. The number of fused-ring (bicyclic) bond motifs is 1. The van der Waals surface area contributed by atoms with E-state index in [9.17, 15) is 4.79 Å². The van der Waals surface area contributed by atoms with Crippen LogP contribution in [0.1, 0.15) is 37.3 Å². The number of para-hydroxylation sites is 1. The molecule has 0 bridgehead atoms. The topological polar surface area (TPSA) is 57.7 Å². The molecule has 0 fully saturated rings. The van der Waals surface area contributed by atoms with Crippen molar-refractivity contribution < 1.29 is 19.0 Å². The van der Waals surface area contributed by atoms with Crippen LogP contribution >= 0.6 is 11.3 Å². The fourth-order valence-corrected chi connectivity index (χ4v) is 4.84. The quantitative estimate of drug-likeness (QED) is 0.197. The summed E-state index contributed by atoms with van der Waals surface area (Å²) in [5, 5.41) is 3.34. The summed E-state index contributed by atoms with van der Waals surface area (Å²) < 4.78 is 17.8. The zero-order chi connectivity index (χ0) is 24.6. The number of hydrogen-bond donors (Lipinski definition) is 0. The second kappa shape index (κ2) is 11.5. The lowest BCUT2D eigenvalue weighted by Crippen LogP contribution is -2.10. The summed E-state index contributed by atoms with van der Waals surface area (Å²) in [7, 11) is 1.69. The van der Waals surface area contributed by atoms with E-state index in [1.54, 1.807) is 38.5 Å². The van der Waals surface area contributed by atoms with Crippen LogP contribution in [0.25, 0.3) is 21.2 Å². The number of pyridine rings is 1. The van der Waals surface area contributed by atoms with Crippen LogP contribution in [0.15, 0.2) is 66.2 Å². The molecule has 0 N–H and O–H groups in total. The molecule has 35 heavy (non-hydrogen) atoms. The molecule has 6 heteroatoms. The minimum Gasteiger partial charge on any atom is -0.496 e. The molecule has 0 saturated heterocycles. The first-order chi connectivity index (χ1) is 17.1. The van der Waals surface area contributed by atoms with Crippen molar-refractivity contribution in [3.05, 3.63) is 77.3 Å². The number of carbonyl (C=O) groups excluding carboxylic acids is 1. The highest BCUT2D eigenvalue weighted by Crippen LogP contribution is 2.39. The van der Waals surface area contributed by atoms with Gasteiger partial charge in [-0.1, -0.05) is 36.3 Å². The molecule has 0 amide bonds. The van der Waals surface area contributed by atoms with Crippen LogP contribution < -0.4 is 9.47 Å². The van der Waals surface area contributed by atoms with Crippen molar-refractivity contribution in [1.29, 1.82) is 0 Å². The maximum Gasteiger partial charge on any atom is 0.307 e. The fraction of sp³-hybridized carbons (Fsp3) is 0.241. The number of ether oxygens (including phenoxy) is 3. The van der Waals surface area contributed by atoms with Gasteiger partial charge in [0.15, 0.2) is 0 Å². The monoisotopic (exact) mass is 485 g/mol. The first-order valence-electron chi connectivity index (χ1n) is 11.4. The zero-order valence-electron chi connectivity index (χ0n) is 20.0. The van der Waals surface area contributed by atoms with Crippen molar-refractivity contribution in [3.63, 3.8) is 0 Å². The van der Waals surface area contributed by atoms with Gasteiger partial charge in [0.2, 0.25) is 5.88 Å². The summed E-state index contributed by atoms with van der Waals surface area (Å²) in [6.07, 6.45) is 1.91. The van der Waals surface area contributed by atoms with E-state index >= 15 is 0 Å². The van der Waals surface area contributed by atoms with Crippen LogP contribution in [0.4, 0.5) is 0 Å². The normalized spacial score (nSPS) is 11.4. The molecule has 4 rings (SSSR count). The molecule has 0 saturated carbocycles. The molecule has 2 aromatic carbocycles. The van der Waals surface area contributed by atoms with Gasteiger partial charge in [0.25, 0.3) is 0 Å². The molecule has 5 nitrogen and oxygen atoms in total. The number of benzene rings is 2. The molecule has 1 unspecified atom stereocenters. The fourth-order valence-electron chi connectivity index (χ4n) is 3.90. The maximum absolute atomic E-state index is 11.9. The van der Waals surface area contributed by atoms with E-state index in [1.807, 2.05) is 30.3 Å². The molecule has 0 aliphatic heterocycles. The Bertz CT molecular complexity index is 1360. The Morgan fingerprint density at radius 2 is 1.97 bits per heavy atom. The Kier molecular flexibility index (Phi) is 8.02. The summed E-state index contributed by atoms with van der Waals surface area (Å²) in [6, 6.07) is 18.1. The third-order valence-corrected chi connectivity index (χ3v) is 6.54. The molecule has 0 spiro atoms. The number of hydrogen-bond acceptors (Lipinski definition) is 6. The number of esters is 1. The number of aromatic nitrogens is 1. The Balaban J connectivity index is 1.48.